The van der Waals surface area contributed by atoms with E-state index in [0.717, 1.165) is 0 Å². The van der Waals surface area contributed by atoms with Crippen molar-refractivity contribution in [1.82, 2.24) is 4.98 Å². The average molecular weight is 304 g/mol. The molecule has 0 unspecified atom stereocenters. The molecule has 0 saturated heterocycles. The molecule has 0 fully saturated rings. The Bertz CT molecular complexity index is 222. The Balaban J connectivity index is -0.0000000337. The predicted octanol–water partition coefficient (Wildman–Crippen LogP) is 4.36. The molecule has 1 heterocycles. The van der Waals surface area contributed by atoms with Gasteiger partial charge in [-0.3, -0.25) is 4.98 Å². The SMILES string of the molecule is O=C(O)c1cccnc1.[NH2-].[NH2-].[NH2-].[NH2-].[NH2-].[Ru+5]. The van der Waals surface area contributed by atoms with E-state index in [2.05, 4.69) is 4.98 Å². The van der Waals surface area contributed by atoms with E-state index >= 15 is 0 Å². The molecule has 0 aliphatic carbocycles. The summed E-state index contributed by atoms with van der Waals surface area (Å²) in [6.45, 7) is 0. The molecule has 0 amide bonds. The van der Waals surface area contributed by atoms with Crippen LogP contribution in [-0.2, 0) is 19.5 Å². The Morgan fingerprint density at radius 3 is 1.80 bits per heavy atom. The third-order valence-electron chi connectivity index (χ3n) is 0.908. The minimum atomic E-state index is -0.942. The minimum Gasteiger partial charge on any atom is -0.693 e. The van der Waals surface area contributed by atoms with Gasteiger partial charge >= 0.3 is 25.4 Å². The van der Waals surface area contributed by atoms with Crippen LogP contribution in [0.25, 0.3) is 30.8 Å². The van der Waals surface area contributed by atoms with Gasteiger partial charge in [0.25, 0.3) is 0 Å². The number of hydrogen-bond donors (Lipinski definition) is 1. The van der Waals surface area contributed by atoms with Crippen LogP contribution in [0.4, 0.5) is 0 Å². The summed E-state index contributed by atoms with van der Waals surface area (Å²) in [5.74, 6) is -0.942. The zero-order chi connectivity index (χ0) is 6.69. The molecule has 0 aliphatic heterocycles. The van der Waals surface area contributed by atoms with E-state index in [9.17, 15) is 4.79 Å². The van der Waals surface area contributed by atoms with E-state index in [0.29, 0.717) is 0 Å². The Kier molecular flexibility index (Phi) is 46.2. The van der Waals surface area contributed by atoms with Crippen LogP contribution >= 0.6 is 0 Å². The summed E-state index contributed by atoms with van der Waals surface area (Å²) in [6, 6.07) is 3.08. The first kappa shape index (κ1) is 36.9. The molecule has 15 heavy (non-hydrogen) atoms. The van der Waals surface area contributed by atoms with Crippen LogP contribution < -0.4 is 0 Å². The normalized spacial score (nSPS) is 5.33. The number of carbonyl (C=O) groups is 1. The van der Waals surface area contributed by atoms with Gasteiger partial charge < -0.3 is 35.9 Å². The predicted molar refractivity (Wildman–Crippen MR) is 57.6 cm³/mol. The minimum absolute atomic E-state index is 0. The molecular weight excluding hydrogens is 289 g/mol. The zero-order valence-electron chi connectivity index (χ0n) is 7.85. The van der Waals surface area contributed by atoms with E-state index in [1.54, 1.807) is 6.07 Å². The van der Waals surface area contributed by atoms with Gasteiger partial charge in [0.05, 0.1) is 5.56 Å². The fourth-order valence-electron chi connectivity index (χ4n) is 0.489. The molecule has 0 saturated carbocycles. The van der Waals surface area contributed by atoms with Crippen molar-refractivity contribution in [2.24, 2.45) is 0 Å². The van der Waals surface area contributed by atoms with Crippen LogP contribution in [0, 0.1) is 0 Å². The Labute approximate surface area is 102 Å². The van der Waals surface area contributed by atoms with Gasteiger partial charge in [-0.2, -0.15) is 0 Å². The fraction of sp³-hybridized carbons (Fsp3) is 0. The Morgan fingerprint density at radius 1 is 1.13 bits per heavy atom. The molecule has 0 atom stereocenters. The summed E-state index contributed by atoms with van der Waals surface area (Å²) >= 11 is 0. The van der Waals surface area contributed by atoms with Crippen LogP contribution in [0.5, 0.6) is 0 Å². The second-order valence-corrected chi connectivity index (χ2v) is 1.55. The number of aromatic carboxylic acids is 1. The van der Waals surface area contributed by atoms with Crippen molar-refractivity contribution in [2.45, 2.75) is 0 Å². The molecule has 89 valence electrons. The fourth-order valence-corrected chi connectivity index (χ4v) is 0.489. The van der Waals surface area contributed by atoms with Crippen LogP contribution in [0.15, 0.2) is 24.5 Å². The number of hydrogen-bond acceptors (Lipinski definition) is 2. The molecule has 9 heteroatoms. The van der Waals surface area contributed by atoms with Gasteiger partial charge in [0, 0.05) is 12.4 Å². The van der Waals surface area contributed by atoms with Gasteiger partial charge in [-0.25, -0.2) is 4.79 Å². The quantitative estimate of drug-likeness (QED) is 0.747. The van der Waals surface area contributed by atoms with E-state index in [4.69, 9.17) is 5.11 Å². The number of carboxylic acid groups (broad SMARTS) is 1. The largest absolute Gasteiger partial charge is 5.00 e. The number of pyridine rings is 1. The molecule has 0 spiro atoms. The van der Waals surface area contributed by atoms with Crippen LogP contribution in [0.1, 0.15) is 10.4 Å². The van der Waals surface area contributed by atoms with Crippen molar-refractivity contribution in [3.8, 4) is 0 Å². The maximum absolute atomic E-state index is 10.2. The second-order valence-electron chi connectivity index (χ2n) is 1.55. The van der Waals surface area contributed by atoms with Crippen molar-refractivity contribution in [3.05, 3.63) is 60.8 Å². The monoisotopic (exact) mass is 305 g/mol. The first-order valence-corrected chi connectivity index (χ1v) is 2.44. The maximum Gasteiger partial charge on any atom is 5.00 e. The standard InChI is InChI=1S/C6H5NO2.5H2N.Ru/c8-6(9)5-2-1-3-7-4-5;;;;;;/h1-4H,(H,8,9);5*1H2;/q;5*-1;+5. The summed E-state index contributed by atoms with van der Waals surface area (Å²) < 4.78 is 0. The average Bonchev–Trinajstić information content (AvgIpc) is 1.90. The number of rotatable bonds is 1. The molecule has 1 rings (SSSR count). The van der Waals surface area contributed by atoms with Crippen molar-refractivity contribution in [3.63, 3.8) is 0 Å². The first-order valence-electron chi connectivity index (χ1n) is 2.44. The summed E-state index contributed by atoms with van der Waals surface area (Å²) in [6.07, 6.45) is 2.84. The van der Waals surface area contributed by atoms with Crippen LogP contribution in [-0.4, -0.2) is 16.1 Å². The number of nitrogens with zero attached hydrogens (tertiary/aromatic N) is 1. The Morgan fingerprint density at radius 2 is 1.60 bits per heavy atom. The molecule has 0 bridgehead atoms. The van der Waals surface area contributed by atoms with Crippen molar-refractivity contribution in [2.75, 3.05) is 0 Å². The van der Waals surface area contributed by atoms with Gasteiger partial charge in [0.1, 0.15) is 0 Å². The molecule has 11 N–H and O–H groups in total. The molecule has 0 aromatic carbocycles. The third kappa shape index (κ3) is 13.0. The van der Waals surface area contributed by atoms with E-state index in [-0.39, 0.29) is 55.8 Å². The third-order valence-corrected chi connectivity index (χ3v) is 0.908. The van der Waals surface area contributed by atoms with Crippen molar-refractivity contribution < 1.29 is 29.4 Å². The number of aromatic nitrogens is 1. The summed E-state index contributed by atoms with van der Waals surface area (Å²) in [5, 5.41) is 8.34. The maximum atomic E-state index is 10.2. The van der Waals surface area contributed by atoms with Gasteiger partial charge in [0.2, 0.25) is 0 Å². The van der Waals surface area contributed by atoms with Crippen LogP contribution in [0.2, 0.25) is 0 Å². The van der Waals surface area contributed by atoms with Gasteiger partial charge in [-0.1, -0.05) is 0 Å². The molecule has 0 aliphatic rings. The first-order chi connectivity index (χ1) is 4.30. The topological polar surface area (TPSA) is 218 Å². The molecule has 1 radical (unpaired) electrons. The summed E-state index contributed by atoms with van der Waals surface area (Å²) in [4.78, 5) is 13.8. The Hall–Kier alpha value is -0.957. The second kappa shape index (κ2) is 18.8. The molecule has 1 aromatic rings. The summed E-state index contributed by atoms with van der Waals surface area (Å²) in [7, 11) is 0. The molecular formula is C6H15N6O2Ru. The van der Waals surface area contributed by atoms with E-state index in [1.165, 1.54) is 18.5 Å². The van der Waals surface area contributed by atoms with E-state index in [1.807, 2.05) is 0 Å². The zero-order valence-corrected chi connectivity index (χ0v) is 9.59. The molecule has 8 nitrogen and oxygen atoms in total. The molecule has 1 aromatic heterocycles. The number of nitrogens with two attached hydrogens (primary N) is 5. The summed E-state index contributed by atoms with van der Waals surface area (Å²) in [5.41, 5.74) is 0.220. The van der Waals surface area contributed by atoms with Crippen molar-refractivity contribution in [1.29, 1.82) is 0 Å². The van der Waals surface area contributed by atoms with Crippen LogP contribution in [0.3, 0.4) is 0 Å². The van der Waals surface area contributed by atoms with Gasteiger partial charge in [-0.05, 0) is 12.1 Å². The van der Waals surface area contributed by atoms with Gasteiger partial charge in [-0.15, -0.1) is 0 Å². The van der Waals surface area contributed by atoms with Gasteiger partial charge in [0.15, 0.2) is 0 Å². The van der Waals surface area contributed by atoms with Crippen molar-refractivity contribution >= 4 is 5.97 Å². The number of carboxylic acids is 1. The van der Waals surface area contributed by atoms with E-state index < -0.39 is 5.97 Å². The smallest absolute Gasteiger partial charge is 0.693 e.